The Morgan fingerprint density at radius 3 is 2.80 bits per heavy atom. The van der Waals surface area contributed by atoms with E-state index in [0.29, 0.717) is 0 Å². The molecule has 2 aromatic heterocycles. The van der Waals surface area contributed by atoms with E-state index in [-0.39, 0.29) is 8.81 Å². The number of benzene rings is 2. The van der Waals surface area contributed by atoms with Crippen molar-refractivity contribution in [1.82, 2.24) is 10.3 Å². The van der Waals surface area contributed by atoms with Crippen LogP contribution in [0.25, 0.3) is 20.7 Å². The molecule has 2 N–H and O–H groups in total. The van der Waals surface area contributed by atoms with Crippen LogP contribution < -0.4 is 15.2 Å². The molecule has 0 radical (unpaired) electrons. The topological polar surface area (TPSA) is 46.2 Å². The number of fused-ring (bicyclic) bond motifs is 1. The van der Waals surface area contributed by atoms with Gasteiger partial charge in [0, 0.05) is 29.4 Å². The van der Waals surface area contributed by atoms with Crippen LogP contribution in [0.2, 0.25) is 0 Å². The Bertz CT molecular complexity index is 1140. The van der Waals surface area contributed by atoms with Crippen molar-refractivity contribution in [2.24, 2.45) is 0 Å². The molecule has 0 aliphatic heterocycles. The molecule has 152 valence electrons. The molecule has 2 heterocycles. The average Bonchev–Trinajstić information content (AvgIpc) is 3.22. The minimum absolute atomic E-state index is 0.251. The Balaban J connectivity index is 1.59. The van der Waals surface area contributed by atoms with Gasteiger partial charge in [0.2, 0.25) is 0 Å². The number of pyridine rings is 1. The van der Waals surface area contributed by atoms with Crippen molar-refractivity contribution < 1.29 is 4.52 Å². The summed E-state index contributed by atoms with van der Waals surface area (Å²) in [5.41, 5.74) is 5.53. The van der Waals surface area contributed by atoms with E-state index in [0.717, 1.165) is 40.4 Å². The molecule has 4 nitrogen and oxygen atoms in total. The lowest BCUT2D eigenvalue weighted by Gasteiger charge is -2.09. The Morgan fingerprint density at radius 1 is 1.13 bits per heavy atom. The Kier molecular flexibility index (Phi) is 6.75. The van der Waals surface area contributed by atoms with Crippen molar-refractivity contribution in [2.45, 2.75) is 13.5 Å². The predicted molar refractivity (Wildman–Crippen MR) is 131 cm³/mol. The summed E-state index contributed by atoms with van der Waals surface area (Å²) in [6.07, 6.45) is 1.85. The summed E-state index contributed by atoms with van der Waals surface area (Å²) in [6, 6.07) is 20.9. The summed E-state index contributed by atoms with van der Waals surface area (Å²) >= 11 is 1.75. The molecule has 0 spiro atoms. The highest BCUT2D eigenvalue weighted by Crippen LogP contribution is 2.38. The highest BCUT2D eigenvalue weighted by atomic mass is 32.1. The zero-order chi connectivity index (χ0) is 20.8. The first-order chi connectivity index (χ1) is 14.8. The lowest BCUT2D eigenvalue weighted by molar-refractivity contribution is 0.638. The second kappa shape index (κ2) is 9.86. The zero-order valence-corrected chi connectivity index (χ0v) is 18.6. The van der Waals surface area contributed by atoms with E-state index in [1.54, 1.807) is 17.2 Å². The third-order valence-corrected chi connectivity index (χ3v) is 6.33. The van der Waals surface area contributed by atoms with Gasteiger partial charge in [-0.2, -0.15) is 0 Å². The average molecular weight is 434 g/mol. The molecule has 0 aliphatic rings. The van der Waals surface area contributed by atoms with E-state index >= 15 is 0 Å². The van der Waals surface area contributed by atoms with Crippen LogP contribution in [0.15, 0.2) is 79.3 Å². The normalized spacial score (nSPS) is 11.2. The van der Waals surface area contributed by atoms with Crippen LogP contribution >= 0.6 is 20.1 Å². The van der Waals surface area contributed by atoms with Crippen LogP contribution in [0.3, 0.4) is 0 Å². The lowest BCUT2D eigenvalue weighted by Crippen LogP contribution is -2.11. The fourth-order valence-electron chi connectivity index (χ4n) is 3.14. The number of hydrogen-bond donors (Lipinski definition) is 2. The van der Waals surface area contributed by atoms with Gasteiger partial charge in [-0.25, -0.2) is 0 Å². The monoisotopic (exact) mass is 433 g/mol. The Labute approximate surface area is 182 Å². The maximum Gasteiger partial charge on any atom is 0.125 e. The number of thiophene rings is 1. The van der Waals surface area contributed by atoms with Crippen molar-refractivity contribution in [1.29, 1.82) is 0 Å². The molecular formula is C24H24N3OPS. The smallest absolute Gasteiger partial charge is 0.125 e. The van der Waals surface area contributed by atoms with Gasteiger partial charge in [-0.15, -0.1) is 11.3 Å². The molecule has 0 aliphatic carbocycles. The minimum Gasteiger partial charge on any atom is -0.473 e. The molecular weight excluding hydrogens is 409 g/mol. The van der Waals surface area contributed by atoms with E-state index in [4.69, 9.17) is 4.52 Å². The predicted octanol–water partition coefficient (Wildman–Crippen LogP) is 6.93. The van der Waals surface area contributed by atoms with E-state index in [1.807, 2.05) is 36.5 Å². The van der Waals surface area contributed by atoms with Gasteiger partial charge in [-0.05, 0) is 47.8 Å². The molecule has 0 saturated heterocycles. The number of hydrogen-bond acceptors (Lipinski definition) is 5. The molecule has 4 rings (SSSR count). The van der Waals surface area contributed by atoms with Crippen LogP contribution in [0.1, 0.15) is 12.5 Å². The fraction of sp³-hybridized carbons (Fsp3) is 0.125. The van der Waals surface area contributed by atoms with Gasteiger partial charge >= 0.3 is 0 Å². The SMILES string of the molecule is C=CPOc1cccc(Nc2ccnc3cc(-c4ccc(CNCC)cc4)sc23)c1. The molecule has 6 heteroatoms. The summed E-state index contributed by atoms with van der Waals surface area (Å²) < 4.78 is 6.81. The third kappa shape index (κ3) is 4.88. The highest BCUT2D eigenvalue weighted by molar-refractivity contribution is 7.36. The Morgan fingerprint density at radius 2 is 2.00 bits per heavy atom. The Hall–Kier alpha value is -2.72. The van der Waals surface area contributed by atoms with Gasteiger partial charge < -0.3 is 15.2 Å². The van der Waals surface area contributed by atoms with Crippen LogP contribution in [-0.4, -0.2) is 11.5 Å². The molecule has 0 bridgehead atoms. The van der Waals surface area contributed by atoms with Gasteiger partial charge in [0.1, 0.15) is 5.75 Å². The summed E-state index contributed by atoms with van der Waals surface area (Å²) in [5.74, 6) is 2.60. The number of nitrogens with one attached hydrogen (secondary N) is 2. The summed E-state index contributed by atoms with van der Waals surface area (Å²) in [6.45, 7) is 7.70. The summed E-state index contributed by atoms with van der Waals surface area (Å²) in [5, 5.41) is 6.88. The van der Waals surface area contributed by atoms with Crippen molar-refractivity contribution in [3.63, 3.8) is 0 Å². The molecule has 2 aromatic carbocycles. The van der Waals surface area contributed by atoms with E-state index in [2.05, 4.69) is 59.5 Å². The standard InChI is InChI=1S/C24H24N3OPS/c1-3-25-16-17-8-10-18(11-9-17)23-15-22-24(30-23)21(12-13-26-22)27-19-6-5-7-20(14-19)28-29-4-2/h4-15,25,29H,2-3,16H2,1H3,(H,26,27). The van der Waals surface area contributed by atoms with Crippen molar-refractivity contribution in [2.75, 3.05) is 11.9 Å². The van der Waals surface area contributed by atoms with Gasteiger partial charge in [0.05, 0.1) is 24.7 Å². The molecule has 4 aromatic rings. The first-order valence-corrected chi connectivity index (χ1v) is 11.7. The first-order valence-electron chi connectivity index (χ1n) is 9.86. The minimum atomic E-state index is 0.251. The van der Waals surface area contributed by atoms with E-state index in [9.17, 15) is 0 Å². The second-order valence-corrected chi connectivity index (χ2v) is 8.64. The number of aromatic nitrogens is 1. The maximum atomic E-state index is 5.67. The second-order valence-electron chi connectivity index (χ2n) is 6.74. The van der Waals surface area contributed by atoms with Crippen molar-refractivity contribution in [3.05, 3.63) is 84.8 Å². The number of nitrogens with zero attached hydrogens (tertiary/aromatic N) is 1. The van der Waals surface area contributed by atoms with Gasteiger partial charge in [0.25, 0.3) is 0 Å². The molecule has 0 amide bonds. The quantitative estimate of drug-likeness (QED) is 0.281. The van der Waals surface area contributed by atoms with Crippen molar-refractivity contribution in [3.8, 4) is 16.2 Å². The van der Waals surface area contributed by atoms with Crippen LogP contribution in [0, 0.1) is 0 Å². The van der Waals surface area contributed by atoms with Crippen LogP contribution in [0.5, 0.6) is 5.75 Å². The lowest BCUT2D eigenvalue weighted by atomic mass is 10.1. The zero-order valence-electron chi connectivity index (χ0n) is 16.8. The molecule has 1 unspecified atom stereocenters. The van der Waals surface area contributed by atoms with E-state index in [1.165, 1.54) is 16.0 Å². The highest BCUT2D eigenvalue weighted by Gasteiger charge is 2.10. The number of anilines is 2. The van der Waals surface area contributed by atoms with Crippen LogP contribution in [-0.2, 0) is 6.54 Å². The van der Waals surface area contributed by atoms with Crippen LogP contribution in [0.4, 0.5) is 11.4 Å². The summed E-state index contributed by atoms with van der Waals surface area (Å²) in [4.78, 5) is 5.79. The van der Waals surface area contributed by atoms with E-state index < -0.39 is 0 Å². The van der Waals surface area contributed by atoms with Gasteiger partial charge in [0.15, 0.2) is 0 Å². The van der Waals surface area contributed by atoms with Gasteiger partial charge in [-0.3, -0.25) is 4.98 Å². The maximum absolute atomic E-state index is 5.67. The third-order valence-electron chi connectivity index (χ3n) is 4.60. The molecule has 0 saturated carbocycles. The largest absolute Gasteiger partial charge is 0.473 e. The molecule has 30 heavy (non-hydrogen) atoms. The van der Waals surface area contributed by atoms with Gasteiger partial charge in [-0.1, -0.05) is 43.8 Å². The number of rotatable bonds is 9. The molecule has 0 fully saturated rings. The fourth-order valence-corrected chi connectivity index (χ4v) is 4.57. The van der Waals surface area contributed by atoms with Crippen molar-refractivity contribution >= 4 is 41.7 Å². The summed E-state index contributed by atoms with van der Waals surface area (Å²) in [7, 11) is 0.251. The molecule has 1 atom stereocenters. The first kappa shape index (κ1) is 20.5.